The van der Waals surface area contributed by atoms with Crippen LogP contribution in [0.3, 0.4) is 0 Å². The predicted octanol–water partition coefficient (Wildman–Crippen LogP) is 2.02. The molecule has 0 unspecified atom stereocenters. The van der Waals surface area contributed by atoms with Gasteiger partial charge in [0.25, 0.3) is 5.56 Å². The Morgan fingerprint density at radius 2 is 1.93 bits per heavy atom. The number of fused-ring (bicyclic) bond motifs is 1. The number of H-pyrrole nitrogens is 1. The molecule has 0 spiro atoms. The van der Waals surface area contributed by atoms with Gasteiger partial charge < -0.3 is 14.9 Å². The van der Waals surface area contributed by atoms with E-state index in [0.29, 0.717) is 22.5 Å². The molecule has 0 bridgehead atoms. The Labute approximate surface area is 160 Å². The van der Waals surface area contributed by atoms with Crippen LogP contribution in [-0.4, -0.2) is 24.7 Å². The number of aromatic nitrogens is 3. The molecule has 1 aromatic carbocycles. The van der Waals surface area contributed by atoms with Crippen LogP contribution in [0, 0.1) is 6.92 Å². The first-order valence-corrected chi connectivity index (χ1v) is 8.81. The van der Waals surface area contributed by atoms with Crippen molar-refractivity contribution in [2.75, 3.05) is 0 Å². The van der Waals surface area contributed by atoms with E-state index < -0.39 is 23.2 Å². The zero-order chi connectivity index (χ0) is 19.3. The molecule has 138 valence electrons. The Hall–Kier alpha value is -2.91. The fraction of sp³-hybridized carbons (Fsp3) is 0.167. The molecule has 0 amide bonds. The summed E-state index contributed by atoms with van der Waals surface area (Å²) in [5, 5.41) is 21.2. The molecule has 9 heteroatoms. The minimum absolute atomic E-state index is 0.102. The summed E-state index contributed by atoms with van der Waals surface area (Å²) in [5.74, 6) is -0.645. The highest BCUT2D eigenvalue weighted by atomic mass is 79.9. The first-order valence-electron chi connectivity index (χ1n) is 8.01. The van der Waals surface area contributed by atoms with Crippen LogP contribution in [0.25, 0.3) is 5.69 Å². The second kappa shape index (κ2) is 6.36. The van der Waals surface area contributed by atoms with Gasteiger partial charge in [-0.15, -0.1) is 0 Å². The number of halogens is 1. The fourth-order valence-electron chi connectivity index (χ4n) is 3.15. The molecule has 4 rings (SSSR count). The Bertz CT molecular complexity index is 1170. The van der Waals surface area contributed by atoms with Crippen molar-refractivity contribution in [1.29, 1.82) is 0 Å². The average Bonchev–Trinajstić information content (AvgIpc) is 3.04. The van der Waals surface area contributed by atoms with Gasteiger partial charge in [0.2, 0.25) is 5.88 Å². The second-order valence-electron chi connectivity index (χ2n) is 6.13. The molecule has 0 fully saturated rings. The largest absolute Gasteiger partial charge is 0.506 e. The molecule has 27 heavy (non-hydrogen) atoms. The van der Waals surface area contributed by atoms with Crippen molar-refractivity contribution in [3.63, 3.8) is 0 Å². The highest BCUT2D eigenvalue weighted by Gasteiger charge is 2.34. The average molecular weight is 432 g/mol. The summed E-state index contributed by atoms with van der Waals surface area (Å²) in [7, 11) is 0. The van der Waals surface area contributed by atoms with E-state index in [4.69, 9.17) is 4.74 Å². The minimum atomic E-state index is -1.02. The molecule has 3 heterocycles. The monoisotopic (exact) mass is 431 g/mol. The van der Waals surface area contributed by atoms with Crippen molar-refractivity contribution in [3.8, 4) is 17.3 Å². The van der Waals surface area contributed by atoms with Gasteiger partial charge in [-0.05, 0) is 31.2 Å². The highest BCUT2D eigenvalue weighted by Crippen LogP contribution is 2.42. The standard InChI is InChI=1S/C18H14BrN3O5/c1-8-14(23)12-9(6-20-8)7-27-15(12)13-16(24)21-18(26)22(17(13)25)11-4-2-10(19)3-5-11/h2-6,15,23,25H,7H2,1H3,(H,21,24,26)/t15-/m0/s1. The maximum atomic E-state index is 12.5. The van der Waals surface area contributed by atoms with E-state index in [9.17, 15) is 19.8 Å². The van der Waals surface area contributed by atoms with E-state index in [0.717, 1.165) is 9.04 Å². The van der Waals surface area contributed by atoms with Crippen molar-refractivity contribution >= 4 is 15.9 Å². The van der Waals surface area contributed by atoms with Gasteiger partial charge in [0.05, 0.1) is 18.0 Å². The molecule has 0 radical (unpaired) electrons. The molecule has 1 aliphatic rings. The predicted molar refractivity (Wildman–Crippen MR) is 99.3 cm³/mol. The first-order chi connectivity index (χ1) is 12.9. The van der Waals surface area contributed by atoms with E-state index in [1.165, 1.54) is 0 Å². The number of pyridine rings is 1. The van der Waals surface area contributed by atoms with Gasteiger partial charge in [-0.2, -0.15) is 0 Å². The molecular weight excluding hydrogens is 418 g/mol. The van der Waals surface area contributed by atoms with Gasteiger partial charge in [-0.25, -0.2) is 9.36 Å². The number of aromatic amines is 1. The van der Waals surface area contributed by atoms with Gasteiger partial charge in [0, 0.05) is 21.8 Å². The summed E-state index contributed by atoms with van der Waals surface area (Å²) in [6, 6.07) is 6.63. The molecule has 0 saturated heterocycles. The molecule has 1 atom stereocenters. The van der Waals surface area contributed by atoms with Crippen LogP contribution in [0.4, 0.5) is 0 Å². The topological polar surface area (TPSA) is 117 Å². The highest BCUT2D eigenvalue weighted by molar-refractivity contribution is 9.10. The fourth-order valence-corrected chi connectivity index (χ4v) is 3.41. The number of hydrogen-bond acceptors (Lipinski definition) is 6. The lowest BCUT2D eigenvalue weighted by molar-refractivity contribution is 0.0891. The van der Waals surface area contributed by atoms with Gasteiger partial charge >= 0.3 is 5.69 Å². The van der Waals surface area contributed by atoms with Crippen molar-refractivity contribution in [2.24, 2.45) is 0 Å². The number of aryl methyl sites for hydroxylation is 1. The number of aromatic hydroxyl groups is 2. The molecule has 0 saturated carbocycles. The summed E-state index contributed by atoms with van der Waals surface area (Å²) in [5.41, 5.74) is 0.00668. The molecule has 0 aliphatic carbocycles. The van der Waals surface area contributed by atoms with Gasteiger partial charge in [-0.1, -0.05) is 15.9 Å². The second-order valence-corrected chi connectivity index (χ2v) is 7.05. The number of hydrogen-bond donors (Lipinski definition) is 3. The Balaban J connectivity index is 1.96. The maximum absolute atomic E-state index is 12.5. The SMILES string of the molecule is Cc1ncc2c(c1O)[C@@H](c1c(O)n(-c3ccc(Br)cc3)c(=O)[nH]c1=O)OC2. The number of rotatable bonds is 2. The lowest BCUT2D eigenvalue weighted by atomic mass is 10.00. The first kappa shape index (κ1) is 17.5. The van der Waals surface area contributed by atoms with Crippen molar-refractivity contribution in [1.82, 2.24) is 14.5 Å². The minimum Gasteiger partial charge on any atom is -0.506 e. The van der Waals surface area contributed by atoms with E-state index in [1.807, 2.05) is 0 Å². The molecule has 3 aromatic rings. The van der Waals surface area contributed by atoms with E-state index in [1.54, 1.807) is 37.4 Å². The number of nitrogens with zero attached hydrogens (tertiary/aromatic N) is 2. The van der Waals surface area contributed by atoms with Gasteiger partial charge in [0.15, 0.2) is 0 Å². The van der Waals surface area contributed by atoms with E-state index in [-0.39, 0.29) is 17.9 Å². The summed E-state index contributed by atoms with van der Waals surface area (Å²) in [6.45, 7) is 1.75. The molecule has 1 aliphatic heterocycles. The zero-order valence-corrected chi connectivity index (χ0v) is 15.6. The molecular formula is C18H14BrN3O5. The Kier molecular flexibility index (Phi) is 4.12. The third-order valence-corrected chi connectivity index (χ3v) is 5.02. The zero-order valence-electron chi connectivity index (χ0n) is 14.1. The van der Waals surface area contributed by atoms with Crippen LogP contribution >= 0.6 is 15.9 Å². The summed E-state index contributed by atoms with van der Waals surface area (Å²) in [6.07, 6.45) is 0.535. The summed E-state index contributed by atoms with van der Waals surface area (Å²) >= 11 is 3.31. The van der Waals surface area contributed by atoms with Crippen LogP contribution < -0.4 is 11.2 Å². The smallest absolute Gasteiger partial charge is 0.335 e. The normalized spacial score (nSPS) is 15.7. The third-order valence-electron chi connectivity index (χ3n) is 4.49. The maximum Gasteiger partial charge on any atom is 0.335 e. The third kappa shape index (κ3) is 2.75. The molecule has 3 N–H and O–H groups in total. The van der Waals surface area contributed by atoms with Crippen LogP contribution in [0.15, 0.2) is 44.5 Å². The van der Waals surface area contributed by atoms with Crippen molar-refractivity contribution < 1.29 is 14.9 Å². The Morgan fingerprint density at radius 1 is 1.22 bits per heavy atom. The lowest BCUT2D eigenvalue weighted by Crippen LogP contribution is -2.32. The number of benzene rings is 1. The Morgan fingerprint density at radius 3 is 2.63 bits per heavy atom. The summed E-state index contributed by atoms with van der Waals surface area (Å²) < 4.78 is 7.43. The van der Waals surface area contributed by atoms with Crippen LogP contribution in [-0.2, 0) is 11.3 Å². The number of ether oxygens (including phenoxy) is 1. The quantitative estimate of drug-likeness (QED) is 0.571. The van der Waals surface area contributed by atoms with E-state index >= 15 is 0 Å². The number of nitrogens with one attached hydrogen (secondary N) is 1. The van der Waals surface area contributed by atoms with Gasteiger partial charge in [-0.3, -0.25) is 14.8 Å². The van der Waals surface area contributed by atoms with E-state index in [2.05, 4.69) is 25.9 Å². The van der Waals surface area contributed by atoms with Crippen LogP contribution in [0.2, 0.25) is 0 Å². The van der Waals surface area contributed by atoms with Crippen molar-refractivity contribution in [3.05, 3.63) is 78.2 Å². The van der Waals surface area contributed by atoms with Gasteiger partial charge in [0.1, 0.15) is 17.4 Å². The van der Waals surface area contributed by atoms with Crippen LogP contribution in [0.1, 0.15) is 28.5 Å². The van der Waals surface area contributed by atoms with Crippen LogP contribution in [0.5, 0.6) is 11.6 Å². The summed E-state index contributed by atoms with van der Waals surface area (Å²) in [4.78, 5) is 31.1. The molecule has 2 aromatic heterocycles. The molecule has 8 nitrogen and oxygen atoms in total. The lowest BCUT2D eigenvalue weighted by Gasteiger charge is -2.17. The van der Waals surface area contributed by atoms with Crippen molar-refractivity contribution in [2.45, 2.75) is 19.6 Å².